The summed E-state index contributed by atoms with van der Waals surface area (Å²) in [6.07, 6.45) is 5.36. The molecule has 1 aliphatic carbocycles. The molecule has 36 heavy (non-hydrogen) atoms. The van der Waals surface area contributed by atoms with Crippen LogP contribution in [0.1, 0.15) is 50.2 Å². The van der Waals surface area contributed by atoms with Gasteiger partial charge in [0.2, 0.25) is 21.8 Å². The van der Waals surface area contributed by atoms with Crippen LogP contribution < -0.4 is 9.62 Å². The van der Waals surface area contributed by atoms with Crippen molar-refractivity contribution in [2.45, 2.75) is 64.6 Å². The van der Waals surface area contributed by atoms with Crippen LogP contribution in [0.15, 0.2) is 42.5 Å². The third-order valence-corrected chi connectivity index (χ3v) is 8.38. The van der Waals surface area contributed by atoms with E-state index in [2.05, 4.69) is 5.32 Å². The van der Waals surface area contributed by atoms with Crippen LogP contribution in [0.4, 0.5) is 5.69 Å². The number of hydrogen-bond donors (Lipinski definition) is 1. The van der Waals surface area contributed by atoms with Crippen molar-refractivity contribution >= 4 is 50.7 Å². The number of benzene rings is 2. The van der Waals surface area contributed by atoms with Crippen LogP contribution in [0.3, 0.4) is 0 Å². The van der Waals surface area contributed by atoms with Crippen LogP contribution in [-0.2, 0) is 26.2 Å². The molecule has 1 saturated carbocycles. The van der Waals surface area contributed by atoms with Gasteiger partial charge in [-0.2, -0.15) is 0 Å². The van der Waals surface area contributed by atoms with Gasteiger partial charge in [-0.1, -0.05) is 78.9 Å². The number of anilines is 1. The number of aryl methyl sites for hydroxylation is 1. The lowest BCUT2D eigenvalue weighted by Gasteiger charge is -2.33. The molecule has 0 spiro atoms. The topological polar surface area (TPSA) is 86.8 Å². The van der Waals surface area contributed by atoms with Gasteiger partial charge < -0.3 is 10.2 Å². The summed E-state index contributed by atoms with van der Waals surface area (Å²) in [6, 6.07) is 11.6. The number of amides is 2. The molecule has 0 unspecified atom stereocenters. The van der Waals surface area contributed by atoms with Crippen LogP contribution in [-0.4, -0.2) is 50.0 Å². The highest BCUT2D eigenvalue weighted by atomic mass is 35.5. The van der Waals surface area contributed by atoms with Gasteiger partial charge >= 0.3 is 0 Å². The number of hydrogen-bond acceptors (Lipinski definition) is 4. The van der Waals surface area contributed by atoms with Gasteiger partial charge in [0, 0.05) is 12.6 Å². The minimum atomic E-state index is -3.89. The maximum absolute atomic E-state index is 13.7. The zero-order valence-corrected chi connectivity index (χ0v) is 23.2. The fourth-order valence-corrected chi connectivity index (χ4v) is 5.76. The van der Waals surface area contributed by atoms with Gasteiger partial charge in [-0.15, -0.1) is 0 Å². The summed E-state index contributed by atoms with van der Waals surface area (Å²) in [4.78, 5) is 28.5. The molecular weight excluding hydrogens is 521 g/mol. The molecule has 1 fully saturated rings. The Hall–Kier alpha value is -2.29. The van der Waals surface area contributed by atoms with E-state index >= 15 is 0 Å². The van der Waals surface area contributed by atoms with E-state index in [0.717, 1.165) is 47.4 Å². The highest BCUT2D eigenvalue weighted by Gasteiger charge is 2.33. The number of halogens is 2. The minimum Gasteiger partial charge on any atom is -0.352 e. The van der Waals surface area contributed by atoms with Gasteiger partial charge in [0.25, 0.3) is 0 Å². The van der Waals surface area contributed by atoms with Gasteiger partial charge in [-0.3, -0.25) is 13.9 Å². The van der Waals surface area contributed by atoms with E-state index in [0.29, 0.717) is 6.42 Å². The average Bonchev–Trinajstić information content (AvgIpc) is 3.33. The molecule has 7 nitrogen and oxygen atoms in total. The standard InChI is InChI=1S/C26H33Cl2N3O4S/c1-4-22(26(33)29-20-8-5-6-9-20)30(16-19-14-12-18(2)13-15-19)24(32)17-31(36(3,34)35)23-11-7-10-21(27)25(23)28/h7,10-15,20,22H,4-6,8-9,16-17H2,1-3H3,(H,29,33)/t22-/m0/s1. The predicted molar refractivity (Wildman–Crippen MR) is 145 cm³/mol. The largest absolute Gasteiger partial charge is 0.352 e. The van der Waals surface area contributed by atoms with Crippen LogP contribution >= 0.6 is 23.2 Å². The summed E-state index contributed by atoms with van der Waals surface area (Å²) in [6.45, 7) is 3.46. The first-order valence-electron chi connectivity index (χ1n) is 12.1. The number of carbonyl (C=O) groups is 2. The lowest BCUT2D eigenvalue weighted by Crippen LogP contribution is -2.53. The highest BCUT2D eigenvalue weighted by Crippen LogP contribution is 2.34. The summed E-state index contributed by atoms with van der Waals surface area (Å²) in [5.41, 5.74) is 2.02. The molecule has 3 rings (SSSR count). The van der Waals surface area contributed by atoms with Crippen molar-refractivity contribution in [2.75, 3.05) is 17.1 Å². The minimum absolute atomic E-state index is 0.0356. The van der Waals surface area contributed by atoms with Gasteiger partial charge in [0.05, 0.1) is 22.0 Å². The van der Waals surface area contributed by atoms with E-state index in [9.17, 15) is 18.0 Å². The monoisotopic (exact) mass is 553 g/mol. The molecule has 196 valence electrons. The van der Waals surface area contributed by atoms with Crippen molar-refractivity contribution in [3.63, 3.8) is 0 Å². The van der Waals surface area contributed by atoms with E-state index in [4.69, 9.17) is 23.2 Å². The molecule has 0 aliphatic heterocycles. The normalized spacial score (nSPS) is 14.9. The SMILES string of the molecule is CC[C@@H](C(=O)NC1CCCC1)N(Cc1ccc(C)cc1)C(=O)CN(c1cccc(Cl)c1Cl)S(C)(=O)=O. The second-order valence-electron chi connectivity index (χ2n) is 9.26. The third-order valence-electron chi connectivity index (χ3n) is 6.44. The summed E-state index contributed by atoms with van der Waals surface area (Å²) in [5, 5.41) is 3.30. The van der Waals surface area contributed by atoms with Crippen LogP contribution in [0.25, 0.3) is 0 Å². The number of rotatable bonds is 10. The van der Waals surface area contributed by atoms with Gasteiger partial charge in [0.1, 0.15) is 12.6 Å². The molecule has 0 bridgehead atoms. The van der Waals surface area contributed by atoms with Crippen LogP contribution in [0.2, 0.25) is 10.0 Å². The smallest absolute Gasteiger partial charge is 0.244 e. The van der Waals surface area contributed by atoms with E-state index in [1.165, 1.54) is 11.0 Å². The lowest BCUT2D eigenvalue weighted by molar-refractivity contribution is -0.140. The lowest BCUT2D eigenvalue weighted by atomic mass is 10.1. The molecule has 0 radical (unpaired) electrons. The number of nitrogens with one attached hydrogen (secondary N) is 1. The van der Waals surface area contributed by atoms with Gasteiger partial charge in [-0.25, -0.2) is 8.42 Å². The van der Waals surface area contributed by atoms with Crippen molar-refractivity contribution in [2.24, 2.45) is 0 Å². The Morgan fingerprint density at radius 2 is 1.72 bits per heavy atom. The Labute approximate surface area is 223 Å². The van der Waals surface area contributed by atoms with Gasteiger partial charge in [-0.05, 0) is 43.9 Å². The molecule has 10 heteroatoms. The zero-order valence-electron chi connectivity index (χ0n) is 20.8. The van der Waals surface area contributed by atoms with Crippen LogP contribution in [0, 0.1) is 6.92 Å². The summed E-state index contributed by atoms with van der Waals surface area (Å²) >= 11 is 12.4. The Kier molecular flexibility index (Phi) is 9.66. The molecule has 0 heterocycles. The molecular formula is C26H33Cl2N3O4S. The molecule has 0 saturated heterocycles. The first-order valence-corrected chi connectivity index (χ1v) is 14.7. The van der Waals surface area contributed by atoms with Crippen molar-refractivity contribution in [1.82, 2.24) is 10.2 Å². The van der Waals surface area contributed by atoms with Crippen molar-refractivity contribution in [3.05, 3.63) is 63.6 Å². The quantitative estimate of drug-likeness (QED) is 0.451. The van der Waals surface area contributed by atoms with E-state index < -0.39 is 28.5 Å². The number of carbonyl (C=O) groups excluding carboxylic acids is 2. The van der Waals surface area contributed by atoms with E-state index in [1.807, 2.05) is 38.1 Å². The molecule has 1 aliphatic rings. The van der Waals surface area contributed by atoms with Crippen LogP contribution in [0.5, 0.6) is 0 Å². The Bertz CT molecular complexity index is 1180. The Balaban J connectivity index is 1.94. The van der Waals surface area contributed by atoms with Crippen molar-refractivity contribution < 1.29 is 18.0 Å². The Morgan fingerprint density at radius 1 is 1.08 bits per heavy atom. The van der Waals surface area contributed by atoms with Crippen molar-refractivity contribution in [3.8, 4) is 0 Å². The Morgan fingerprint density at radius 3 is 2.31 bits per heavy atom. The second-order valence-corrected chi connectivity index (χ2v) is 12.0. The number of nitrogens with zero attached hydrogens (tertiary/aromatic N) is 2. The average molecular weight is 555 g/mol. The first kappa shape index (κ1) is 28.3. The molecule has 2 amide bonds. The molecule has 1 atom stereocenters. The van der Waals surface area contributed by atoms with Crippen molar-refractivity contribution in [1.29, 1.82) is 0 Å². The third kappa shape index (κ3) is 7.14. The summed E-state index contributed by atoms with van der Waals surface area (Å²) in [7, 11) is -3.89. The summed E-state index contributed by atoms with van der Waals surface area (Å²) in [5.74, 6) is -0.734. The van der Waals surface area contributed by atoms with Gasteiger partial charge in [0.15, 0.2) is 0 Å². The molecule has 0 aromatic heterocycles. The highest BCUT2D eigenvalue weighted by molar-refractivity contribution is 7.92. The molecule has 2 aromatic carbocycles. The summed E-state index contributed by atoms with van der Waals surface area (Å²) < 4.78 is 26.4. The molecule has 2 aromatic rings. The fraction of sp³-hybridized carbons (Fsp3) is 0.462. The second kappa shape index (κ2) is 12.3. The predicted octanol–water partition coefficient (Wildman–Crippen LogP) is 4.93. The zero-order chi connectivity index (χ0) is 26.5. The van der Waals surface area contributed by atoms with E-state index in [-0.39, 0.29) is 34.2 Å². The maximum Gasteiger partial charge on any atom is 0.244 e. The fourth-order valence-electron chi connectivity index (χ4n) is 4.46. The van der Waals surface area contributed by atoms with E-state index in [1.54, 1.807) is 12.1 Å². The molecule has 1 N–H and O–H groups in total. The number of sulfonamides is 1. The first-order chi connectivity index (χ1) is 17.0. The maximum atomic E-state index is 13.7.